The number of rotatable bonds is 10. The fourth-order valence-corrected chi connectivity index (χ4v) is 4.37. The van der Waals surface area contributed by atoms with Crippen molar-refractivity contribution >= 4 is 23.4 Å². The first kappa shape index (κ1) is 24.9. The fourth-order valence-electron chi connectivity index (χ4n) is 4.18. The van der Waals surface area contributed by atoms with E-state index < -0.39 is 6.04 Å². The van der Waals surface area contributed by atoms with Crippen molar-refractivity contribution < 1.29 is 19.1 Å². The van der Waals surface area contributed by atoms with Gasteiger partial charge in [-0.25, -0.2) is 0 Å². The van der Waals surface area contributed by atoms with Gasteiger partial charge < -0.3 is 19.7 Å². The van der Waals surface area contributed by atoms with Gasteiger partial charge in [0.25, 0.3) is 5.91 Å². The number of hydrogen-bond donors (Lipinski definition) is 1. The van der Waals surface area contributed by atoms with E-state index in [1.54, 1.807) is 36.3 Å². The first-order valence-corrected chi connectivity index (χ1v) is 12.0. The molecule has 7 heteroatoms. The summed E-state index contributed by atoms with van der Waals surface area (Å²) in [6.45, 7) is 2.02. The molecule has 0 saturated heterocycles. The Bertz CT molecular complexity index is 913. The molecule has 1 aliphatic carbocycles. The van der Waals surface area contributed by atoms with E-state index in [0.717, 1.165) is 37.0 Å². The van der Waals surface area contributed by atoms with Gasteiger partial charge in [0, 0.05) is 12.6 Å². The number of carbonyl (C=O) groups is 2. The summed E-state index contributed by atoms with van der Waals surface area (Å²) in [7, 11) is 1.61. The van der Waals surface area contributed by atoms with Crippen LogP contribution in [-0.2, 0) is 16.1 Å². The molecule has 3 rings (SSSR count). The number of halogens is 1. The second kappa shape index (κ2) is 12.5. The molecule has 2 amide bonds. The van der Waals surface area contributed by atoms with Crippen molar-refractivity contribution in [2.45, 2.75) is 64.1 Å². The number of para-hydroxylation sites is 1. The highest BCUT2D eigenvalue weighted by atomic mass is 35.5. The van der Waals surface area contributed by atoms with Gasteiger partial charge in [-0.1, -0.05) is 62.1 Å². The molecule has 0 aromatic heterocycles. The first-order valence-electron chi connectivity index (χ1n) is 11.6. The number of benzene rings is 2. The van der Waals surface area contributed by atoms with Crippen LogP contribution in [0.3, 0.4) is 0 Å². The van der Waals surface area contributed by atoms with E-state index in [1.807, 2.05) is 31.2 Å². The van der Waals surface area contributed by atoms with Crippen molar-refractivity contribution in [2.75, 3.05) is 13.7 Å². The van der Waals surface area contributed by atoms with Crippen LogP contribution >= 0.6 is 11.6 Å². The minimum atomic E-state index is -0.587. The van der Waals surface area contributed by atoms with Crippen LogP contribution in [0.4, 0.5) is 0 Å². The number of amides is 2. The summed E-state index contributed by atoms with van der Waals surface area (Å²) in [6.07, 6.45) is 5.95. The van der Waals surface area contributed by atoms with E-state index in [1.165, 1.54) is 6.42 Å². The Morgan fingerprint density at radius 2 is 1.79 bits per heavy atom. The highest BCUT2D eigenvalue weighted by molar-refractivity contribution is 6.32. The second-order valence-electron chi connectivity index (χ2n) is 8.36. The Kier molecular flexibility index (Phi) is 9.43. The van der Waals surface area contributed by atoms with E-state index in [9.17, 15) is 9.59 Å². The molecular weight excluding hydrogens is 440 g/mol. The lowest BCUT2D eigenvalue weighted by Gasteiger charge is -2.32. The van der Waals surface area contributed by atoms with Crippen molar-refractivity contribution in [3.63, 3.8) is 0 Å². The molecule has 2 aromatic carbocycles. The molecule has 0 spiro atoms. The number of methoxy groups -OCH3 is 1. The van der Waals surface area contributed by atoms with Crippen LogP contribution in [0.1, 0.15) is 51.0 Å². The molecule has 1 atom stereocenters. The summed E-state index contributed by atoms with van der Waals surface area (Å²) in [5, 5.41) is 3.62. The molecule has 1 aliphatic rings. The molecule has 1 unspecified atom stereocenters. The summed E-state index contributed by atoms with van der Waals surface area (Å²) >= 11 is 6.17. The standard InChI is InChI=1S/C26H33ClN2O4/c1-3-23(26(31)28-20-9-5-4-6-10-20)29(17-19-13-15-21(32-2)16-14-19)25(30)18-33-24-12-8-7-11-22(24)27/h7-8,11-16,20,23H,3-6,9-10,17-18H2,1-2H3,(H,28,31). The summed E-state index contributed by atoms with van der Waals surface area (Å²) < 4.78 is 10.9. The van der Waals surface area contributed by atoms with Gasteiger partial charge in [0.15, 0.2) is 6.61 Å². The Hall–Kier alpha value is -2.73. The lowest BCUT2D eigenvalue weighted by Crippen LogP contribution is -2.52. The van der Waals surface area contributed by atoms with Crippen LogP contribution in [0.2, 0.25) is 5.02 Å². The molecule has 1 fully saturated rings. The molecule has 0 heterocycles. The molecule has 1 saturated carbocycles. The lowest BCUT2D eigenvalue weighted by atomic mass is 9.95. The van der Waals surface area contributed by atoms with Crippen molar-refractivity contribution in [3.8, 4) is 11.5 Å². The van der Waals surface area contributed by atoms with Crippen molar-refractivity contribution in [1.29, 1.82) is 0 Å². The predicted molar refractivity (Wildman–Crippen MR) is 130 cm³/mol. The van der Waals surface area contributed by atoms with Gasteiger partial charge >= 0.3 is 0 Å². The third kappa shape index (κ3) is 7.13. The molecule has 33 heavy (non-hydrogen) atoms. The van der Waals surface area contributed by atoms with Gasteiger partial charge in [0.05, 0.1) is 12.1 Å². The highest BCUT2D eigenvalue weighted by Crippen LogP contribution is 2.24. The summed E-state index contributed by atoms with van der Waals surface area (Å²) in [5.74, 6) is 0.803. The molecule has 178 valence electrons. The summed E-state index contributed by atoms with van der Waals surface area (Å²) in [4.78, 5) is 28.1. The minimum Gasteiger partial charge on any atom is -0.497 e. The second-order valence-corrected chi connectivity index (χ2v) is 8.76. The highest BCUT2D eigenvalue weighted by Gasteiger charge is 2.30. The van der Waals surface area contributed by atoms with Crippen LogP contribution in [0.15, 0.2) is 48.5 Å². The van der Waals surface area contributed by atoms with Gasteiger partial charge in [0.1, 0.15) is 17.5 Å². The molecule has 6 nitrogen and oxygen atoms in total. The maximum absolute atomic E-state index is 13.3. The maximum Gasteiger partial charge on any atom is 0.261 e. The van der Waals surface area contributed by atoms with E-state index >= 15 is 0 Å². The Morgan fingerprint density at radius 1 is 1.09 bits per heavy atom. The average molecular weight is 473 g/mol. The van der Waals surface area contributed by atoms with E-state index in [-0.39, 0.29) is 24.5 Å². The Balaban J connectivity index is 1.76. The van der Waals surface area contributed by atoms with Crippen LogP contribution in [0.25, 0.3) is 0 Å². The zero-order valence-electron chi connectivity index (χ0n) is 19.4. The predicted octanol–water partition coefficient (Wildman–Crippen LogP) is 4.98. The minimum absolute atomic E-state index is 0.107. The van der Waals surface area contributed by atoms with Crippen molar-refractivity contribution in [3.05, 3.63) is 59.1 Å². The number of nitrogens with one attached hydrogen (secondary N) is 1. The largest absolute Gasteiger partial charge is 0.497 e. The monoisotopic (exact) mass is 472 g/mol. The van der Waals surface area contributed by atoms with Crippen LogP contribution in [-0.4, -0.2) is 42.5 Å². The number of nitrogens with zero attached hydrogens (tertiary/aromatic N) is 1. The zero-order valence-corrected chi connectivity index (χ0v) is 20.1. The van der Waals surface area contributed by atoms with Gasteiger partial charge in [-0.15, -0.1) is 0 Å². The Morgan fingerprint density at radius 3 is 2.42 bits per heavy atom. The van der Waals surface area contributed by atoms with Gasteiger partial charge in [0.2, 0.25) is 5.91 Å². The quantitative estimate of drug-likeness (QED) is 0.529. The molecule has 0 aliphatic heterocycles. The van der Waals surface area contributed by atoms with E-state index in [2.05, 4.69) is 5.32 Å². The third-order valence-corrected chi connectivity index (χ3v) is 6.35. The van der Waals surface area contributed by atoms with Crippen molar-refractivity contribution in [1.82, 2.24) is 10.2 Å². The van der Waals surface area contributed by atoms with Gasteiger partial charge in [-0.3, -0.25) is 9.59 Å². The van der Waals surface area contributed by atoms with E-state index in [0.29, 0.717) is 23.7 Å². The number of ether oxygens (including phenoxy) is 2. The fraction of sp³-hybridized carbons (Fsp3) is 0.462. The normalized spacial score (nSPS) is 14.9. The molecule has 0 bridgehead atoms. The average Bonchev–Trinajstić information content (AvgIpc) is 2.84. The zero-order chi connectivity index (χ0) is 23.6. The molecular formula is C26H33ClN2O4. The number of carbonyl (C=O) groups excluding carboxylic acids is 2. The molecule has 0 radical (unpaired) electrons. The summed E-state index contributed by atoms with van der Waals surface area (Å²) in [6, 6.07) is 14.1. The maximum atomic E-state index is 13.3. The van der Waals surface area contributed by atoms with Crippen LogP contribution in [0.5, 0.6) is 11.5 Å². The van der Waals surface area contributed by atoms with Gasteiger partial charge in [-0.05, 0) is 49.1 Å². The van der Waals surface area contributed by atoms with Crippen LogP contribution < -0.4 is 14.8 Å². The summed E-state index contributed by atoms with van der Waals surface area (Å²) in [5.41, 5.74) is 0.908. The topological polar surface area (TPSA) is 67.9 Å². The Labute approximate surface area is 201 Å². The SMILES string of the molecule is CCC(C(=O)NC1CCCCC1)N(Cc1ccc(OC)cc1)C(=O)COc1ccccc1Cl. The molecule has 2 aromatic rings. The smallest absolute Gasteiger partial charge is 0.261 e. The lowest BCUT2D eigenvalue weighted by molar-refractivity contribution is -0.143. The van der Waals surface area contributed by atoms with Crippen LogP contribution in [0, 0.1) is 0 Å². The number of hydrogen-bond acceptors (Lipinski definition) is 4. The molecule has 1 N–H and O–H groups in total. The van der Waals surface area contributed by atoms with Gasteiger partial charge in [-0.2, -0.15) is 0 Å². The third-order valence-electron chi connectivity index (χ3n) is 6.04. The first-order chi connectivity index (χ1) is 16.0. The van der Waals surface area contributed by atoms with Crippen molar-refractivity contribution in [2.24, 2.45) is 0 Å². The van der Waals surface area contributed by atoms with E-state index in [4.69, 9.17) is 21.1 Å².